The molecule has 4 nitrogen and oxygen atoms in total. The summed E-state index contributed by atoms with van der Waals surface area (Å²) in [5.41, 5.74) is 5.95. The Labute approximate surface area is 117 Å². The van der Waals surface area contributed by atoms with Crippen LogP contribution >= 0.6 is 0 Å². The van der Waals surface area contributed by atoms with E-state index in [0.717, 1.165) is 32.2 Å². The molecule has 110 valence electrons. The van der Waals surface area contributed by atoms with Gasteiger partial charge in [-0.2, -0.15) is 0 Å². The average Bonchev–Trinajstić information content (AvgIpc) is 2.93. The molecule has 2 rings (SSSR count). The zero-order chi connectivity index (χ0) is 13.7. The van der Waals surface area contributed by atoms with Crippen LogP contribution in [0.25, 0.3) is 0 Å². The van der Waals surface area contributed by atoms with Gasteiger partial charge in [-0.15, -0.1) is 0 Å². The van der Waals surface area contributed by atoms with Crippen molar-refractivity contribution in [3.63, 3.8) is 0 Å². The Morgan fingerprint density at radius 3 is 2.37 bits per heavy atom. The standard InChI is InChI=1S/C15H29N3O/c1-2-18(14(19)17-13-8-4-5-9-13)15(12-16)10-6-3-7-11-15/h13H,2-12,16H2,1H3,(H,17,19). The highest BCUT2D eigenvalue weighted by molar-refractivity contribution is 5.75. The smallest absolute Gasteiger partial charge is 0.318 e. The molecule has 0 atom stereocenters. The fourth-order valence-electron chi connectivity index (χ4n) is 3.81. The monoisotopic (exact) mass is 267 g/mol. The molecule has 3 N–H and O–H groups in total. The van der Waals surface area contributed by atoms with Crippen LogP contribution in [-0.2, 0) is 0 Å². The molecule has 0 aromatic carbocycles. The third-order valence-electron chi connectivity index (χ3n) is 4.98. The largest absolute Gasteiger partial charge is 0.335 e. The number of hydrogen-bond donors (Lipinski definition) is 2. The zero-order valence-electron chi connectivity index (χ0n) is 12.3. The van der Waals surface area contributed by atoms with E-state index in [2.05, 4.69) is 12.2 Å². The first-order valence-electron chi connectivity index (χ1n) is 8.00. The van der Waals surface area contributed by atoms with Crippen molar-refractivity contribution in [2.24, 2.45) is 5.73 Å². The number of carbonyl (C=O) groups is 1. The first-order chi connectivity index (χ1) is 9.22. The highest BCUT2D eigenvalue weighted by Crippen LogP contribution is 2.33. The minimum Gasteiger partial charge on any atom is -0.335 e. The minimum atomic E-state index is -0.0876. The highest BCUT2D eigenvalue weighted by Gasteiger charge is 2.39. The molecular formula is C15H29N3O. The van der Waals surface area contributed by atoms with E-state index in [0.29, 0.717) is 12.6 Å². The number of nitrogens with zero attached hydrogens (tertiary/aromatic N) is 1. The van der Waals surface area contributed by atoms with Gasteiger partial charge in [0.2, 0.25) is 0 Å². The topological polar surface area (TPSA) is 58.4 Å². The van der Waals surface area contributed by atoms with Crippen LogP contribution in [0.2, 0.25) is 0 Å². The summed E-state index contributed by atoms with van der Waals surface area (Å²) >= 11 is 0. The van der Waals surface area contributed by atoms with Gasteiger partial charge in [0.25, 0.3) is 0 Å². The van der Waals surface area contributed by atoms with Gasteiger partial charge in [0, 0.05) is 19.1 Å². The number of rotatable bonds is 4. The molecule has 19 heavy (non-hydrogen) atoms. The molecule has 4 heteroatoms. The molecule has 2 fully saturated rings. The number of carbonyl (C=O) groups excluding carboxylic acids is 1. The fourth-order valence-corrected chi connectivity index (χ4v) is 3.81. The highest BCUT2D eigenvalue weighted by atomic mass is 16.2. The average molecular weight is 267 g/mol. The van der Waals surface area contributed by atoms with E-state index >= 15 is 0 Å². The Morgan fingerprint density at radius 1 is 1.21 bits per heavy atom. The number of nitrogens with one attached hydrogen (secondary N) is 1. The lowest BCUT2D eigenvalue weighted by molar-refractivity contribution is 0.0860. The van der Waals surface area contributed by atoms with Gasteiger partial charge in [-0.1, -0.05) is 32.1 Å². The molecule has 0 unspecified atom stereocenters. The fraction of sp³-hybridized carbons (Fsp3) is 0.933. The first kappa shape index (κ1) is 14.6. The van der Waals surface area contributed by atoms with Gasteiger partial charge < -0.3 is 16.0 Å². The molecule has 0 radical (unpaired) electrons. The lowest BCUT2D eigenvalue weighted by Crippen LogP contribution is -2.60. The zero-order valence-corrected chi connectivity index (χ0v) is 12.3. The Hall–Kier alpha value is -0.770. The molecule has 0 spiro atoms. The van der Waals surface area contributed by atoms with Crippen LogP contribution < -0.4 is 11.1 Å². The van der Waals surface area contributed by atoms with Crippen LogP contribution in [0, 0.1) is 0 Å². The van der Waals surface area contributed by atoms with Gasteiger partial charge in [-0.05, 0) is 32.6 Å². The van der Waals surface area contributed by atoms with E-state index in [1.54, 1.807) is 0 Å². The number of amides is 2. The van der Waals surface area contributed by atoms with Crippen molar-refractivity contribution in [2.45, 2.75) is 76.3 Å². The molecule has 0 bridgehead atoms. The van der Waals surface area contributed by atoms with Crippen LogP contribution in [0.5, 0.6) is 0 Å². The molecule has 2 saturated carbocycles. The van der Waals surface area contributed by atoms with Gasteiger partial charge in [0.05, 0.1) is 5.54 Å². The summed E-state index contributed by atoms with van der Waals surface area (Å²) in [7, 11) is 0. The van der Waals surface area contributed by atoms with Crippen LogP contribution in [0.15, 0.2) is 0 Å². The molecule has 0 aromatic rings. The van der Waals surface area contributed by atoms with E-state index in [9.17, 15) is 4.79 Å². The quantitative estimate of drug-likeness (QED) is 0.822. The van der Waals surface area contributed by atoms with Gasteiger partial charge >= 0.3 is 6.03 Å². The summed E-state index contributed by atoms with van der Waals surface area (Å²) in [6.07, 6.45) is 10.6. The predicted octanol–water partition coefficient (Wildman–Crippen LogP) is 2.62. The predicted molar refractivity (Wildman–Crippen MR) is 78.0 cm³/mol. The minimum absolute atomic E-state index is 0.0876. The lowest BCUT2D eigenvalue weighted by atomic mass is 9.80. The van der Waals surface area contributed by atoms with Crippen molar-refractivity contribution in [1.29, 1.82) is 0 Å². The van der Waals surface area contributed by atoms with Crippen molar-refractivity contribution >= 4 is 6.03 Å². The Balaban J connectivity index is 2.01. The van der Waals surface area contributed by atoms with Crippen molar-refractivity contribution < 1.29 is 4.79 Å². The third-order valence-corrected chi connectivity index (χ3v) is 4.98. The van der Waals surface area contributed by atoms with Crippen molar-refractivity contribution in [2.75, 3.05) is 13.1 Å². The normalized spacial score (nSPS) is 23.3. The number of hydrogen-bond acceptors (Lipinski definition) is 2. The third kappa shape index (κ3) is 3.22. The van der Waals surface area contributed by atoms with Crippen LogP contribution in [-0.4, -0.2) is 35.6 Å². The molecule has 0 saturated heterocycles. The Bertz CT molecular complexity index is 294. The summed E-state index contributed by atoms with van der Waals surface area (Å²) in [5, 5.41) is 3.22. The van der Waals surface area contributed by atoms with E-state index in [1.165, 1.54) is 32.1 Å². The van der Waals surface area contributed by atoms with E-state index in [4.69, 9.17) is 5.73 Å². The second-order valence-corrected chi connectivity index (χ2v) is 6.16. The molecule has 2 aliphatic rings. The maximum absolute atomic E-state index is 12.6. The second-order valence-electron chi connectivity index (χ2n) is 6.16. The van der Waals surface area contributed by atoms with Crippen LogP contribution in [0.3, 0.4) is 0 Å². The number of likely N-dealkylation sites (N-methyl/N-ethyl adjacent to an activating group) is 1. The maximum Gasteiger partial charge on any atom is 0.318 e. The summed E-state index contributed by atoms with van der Waals surface area (Å²) in [4.78, 5) is 14.6. The van der Waals surface area contributed by atoms with E-state index < -0.39 is 0 Å². The lowest BCUT2D eigenvalue weighted by Gasteiger charge is -2.45. The molecule has 2 aliphatic carbocycles. The number of nitrogens with two attached hydrogens (primary N) is 1. The first-order valence-corrected chi connectivity index (χ1v) is 8.00. The van der Waals surface area contributed by atoms with Crippen LogP contribution in [0.4, 0.5) is 4.79 Å². The van der Waals surface area contributed by atoms with Crippen molar-refractivity contribution in [1.82, 2.24) is 10.2 Å². The summed E-state index contributed by atoms with van der Waals surface area (Å²) in [5.74, 6) is 0. The number of urea groups is 1. The maximum atomic E-state index is 12.6. The van der Waals surface area contributed by atoms with Crippen molar-refractivity contribution in [3.8, 4) is 0 Å². The summed E-state index contributed by atoms with van der Waals surface area (Å²) < 4.78 is 0. The summed E-state index contributed by atoms with van der Waals surface area (Å²) in [6.45, 7) is 3.43. The van der Waals surface area contributed by atoms with E-state index in [-0.39, 0.29) is 11.6 Å². The van der Waals surface area contributed by atoms with Gasteiger partial charge in [-0.3, -0.25) is 0 Å². The second kappa shape index (κ2) is 6.60. The molecular weight excluding hydrogens is 238 g/mol. The van der Waals surface area contributed by atoms with Crippen molar-refractivity contribution in [3.05, 3.63) is 0 Å². The molecule has 0 aliphatic heterocycles. The van der Waals surface area contributed by atoms with E-state index in [1.807, 2.05) is 4.90 Å². The van der Waals surface area contributed by atoms with Crippen LogP contribution in [0.1, 0.15) is 64.7 Å². The SMILES string of the molecule is CCN(C(=O)NC1CCCC1)C1(CN)CCCCC1. The Morgan fingerprint density at radius 2 is 1.84 bits per heavy atom. The Kier molecular flexibility index (Phi) is 5.08. The van der Waals surface area contributed by atoms with Gasteiger partial charge in [-0.25, -0.2) is 4.79 Å². The molecule has 0 heterocycles. The summed E-state index contributed by atoms with van der Waals surface area (Å²) in [6, 6.07) is 0.502. The molecule has 0 aromatic heterocycles. The molecule has 2 amide bonds. The van der Waals surface area contributed by atoms with Gasteiger partial charge in [0.1, 0.15) is 0 Å². The van der Waals surface area contributed by atoms with Gasteiger partial charge in [0.15, 0.2) is 0 Å².